The number of pyridine rings is 1. The maximum Gasteiger partial charge on any atom is 0.263 e. The zero-order valence-corrected chi connectivity index (χ0v) is 13.5. The van der Waals surface area contributed by atoms with Crippen molar-refractivity contribution in [1.29, 1.82) is 0 Å². The van der Waals surface area contributed by atoms with Gasteiger partial charge in [0.25, 0.3) is 5.91 Å². The SMILES string of the molecule is Cc1nc(-c2cccnc2)sc1C(=O)NC(C)C1CCCO1. The highest BCUT2D eigenvalue weighted by Gasteiger charge is 2.25. The Balaban J connectivity index is 1.74. The molecule has 0 spiro atoms. The van der Waals surface area contributed by atoms with E-state index in [1.165, 1.54) is 11.3 Å². The zero-order chi connectivity index (χ0) is 15.5. The first-order valence-corrected chi connectivity index (χ1v) is 8.27. The Morgan fingerprint density at radius 1 is 1.55 bits per heavy atom. The van der Waals surface area contributed by atoms with E-state index in [1.807, 2.05) is 26.0 Å². The Hall–Kier alpha value is -1.79. The molecule has 5 nitrogen and oxygen atoms in total. The molecule has 3 rings (SSSR count). The molecule has 1 aliphatic heterocycles. The minimum absolute atomic E-state index is 0.0124. The van der Waals surface area contributed by atoms with E-state index in [2.05, 4.69) is 15.3 Å². The number of nitrogens with zero attached hydrogens (tertiary/aromatic N) is 2. The Bertz CT molecular complexity index is 651. The molecule has 1 fully saturated rings. The number of hydrogen-bond donors (Lipinski definition) is 1. The molecule has 0 bridgehead atoms. The second-order valence-electron chi connectivity index (χ2n) is 5.49. The van der Waals surface area contributed by atoms with Gasteiger partial charge in [-0.3, -0.25) is 9.78 Å². The van der Waals surface area contributed by atoms with E-state index >= 15 is 0 Å². The first-order chi connectivity index (χ1) is 10.6. The highest BCUT2D eigenvalue weighted by Crippen LogP contribution is 2.27. The lowest BCUT2D eigenvalue weighted by atomic mass is 10.1. The predicted molar refractivity (Wildman–Crippen MR) is 86.0 cm³/mol. The molecule has 1 aliphatic rings. The van der Waals surface area contributed by atoms with Crippen LogP contribution in [0.3, 0.4) is 0 Å². The van der Waals surface area contributed by atoms with Crippen LogP contribution in [0, 0.1) is 6.92 Å². The molecule has 2 aromatic rings. The van der Waals surface area contributed by atoms with Gasteiger partial charge in [-0.15, -0.1) is 11.3 Å². The molecule has 2 atom stereocenters. The quantitative estimate of drug-likeness (QED) is 0.942. The summed E-state index contributed by atoms with van der Waals surface area (Å²) in [6.07, 6.45) is 5.67. The molecule has 0 radical (unpaired) electrons. The summed E-state index contributed by atoms with van der Waals surface area (Å²) in [6.45, 7) is 4.64. The van der Waals surface area contributed by atoms with Gasteiger partial charge in [0.15, 0.2) is 0 Å². The smallest absolute Gasteiger partial charge is 0.263 e. The Labute approximate surface area is 133 Å². The van der Waals surface area contributed by atoms with Crippen molar-refractivity contribution in [2.24, 2.45) is 0 Å². The van der Waals surface area contributed by atoms with E-state index in [1.54, 1.807) is 12.4 Å². The number of hydrogen-bond acceptors (Lipinski definition) is 5. The molecule has 2 aromatic heterocycles. The van der Waals surface area contributed by atoms with Crippen molar-refractivity contribution >= 4 is 17.2 Å². The summed E-state index contributed by atoms with van der Waals surface area (Å²) in [4.78, 5) is 21.7. The van der Waals surface area contributed by atoms with Gasteiger partial charge in [0.05, 0.1) is 17.8 Å². The number of aryl methyl sites for hydroxylation is 1. The molecular formula is C16H19N3O2S. The molecule has 3 heterocycles. The summed E-state index contributed by atoms with van der Waals surface area (Å²) < 4.78 is 5.62. The standard InChI is InChI=1S/C16H19N3O2S/c1-10(13-6-4-8-21-13)18-15(20)14-11(2)19-16(22-14)12-5-3-7-17-9-12/h3,5,7,9-10,13H,4,6,8H2,1-2H3,(H,18,20). The highest BCUT2D eigenvalue weighted by molar-refractivity contribution is 7.17. The van der Waals surface area contributed by atoms with Crippen molar-refractivity contribution in [2.45, 2.75) is 38.8 Å². The molecule has 0 saturated carbocycles. The zero-order valence-electron chi connectivity index (χ0n) is 12.7. The third kappa shape index (κ3) is 3.18. The highest BCUT2D eigenvalue weighted by atomic mass is 32.1. The average molecular weight is 317 g/mol. The van der Waals surface area contributed by atoms with Gasteiger partial charge < -0.3 is 10.1 Å². The Kier molecular flexibility index (Phi) is 4.49. The predicted octanol–water partition coefficient (Wildman–Crippen LogP) is 2.81. The van der Waals surface area contributed by atoms with E-state index in [0.29, 0.717) is 4.88 Å². The van der Waals surface area contributed by atoms with Crippen molar-refractivity contribution in [3.8, 4) is 10.6 Å². The first-order valence-electron chi connectivity index (χ1n) is 7.45. The molecule has 22 heavy (non-hydrogen) atoms. The second kappa shape index (κ2) is 6.54. The number of amides is 1. The topological polar surface area (TPSA) is 64.1 Å². The fourth-order valence-electron chi connectivity index (χ4n) is 2.58. The van der Waals surface area contributed by atoms with Gasteiger partial charge >= 0.3 is 0 Å². The van der Waals surface area contributed by atoms with Crippen molar-refractivity contribution < 1.29 is 9.53 Å². The number of nitrogens with one attached hydrogen (secondary N) is 1. The van der Waals surface area contributed by atoms with Crippen LogP contribution in [0.25, 0.3) is 10.6 Å². The minimum Gasteiger partial charge on any atom is -0.376 e. The molecule has 0 aliphatic carbocycles. The maximum absolute atomic E-state index is 12.5. The number of carbonyl (C=O) groups excluding carboxylic acids is 1. The third-order valence-corrected chi connectivity index (χ3v) is 5.00. The molecule has 2 unspecified atom stereocenters. The van der Waals surface area contributed by atoms with E-state index < -0.39 is 0 Å². The molecule has 1 N–H and O–H groups in total. The van der Waals surface area contributed by atoms with Crippen LogP contribution in [0.2, 0.25) is 0 Å². The number of carbonyl (C=O) groups is 1. The van der Waals surface area contributed by atoms with Crippen LogP contribution in [0.5, 0.6) is 0 Å². The first kappa shape index (κ1) is 15.1. The Morgan fingerprint density at radius 3 is 3.09 bits per heavy atom. The van der Waals surface area contributed by atoms with Crippen LogP contribution in [0.1, 0.15) is 35.1 Å². The van der Waals surface area contributed by atoms with E-state index in [4.69, 9.17) is 4.74 Å². The number of thiazole rings is 1. The van der Waals surface area contributed by atoms with Crippen molar-refractivity contribution in [2.75, 3.05) is 6.61 Å². The summed E-state index contributed by atoms with van der Waals surface area (Å²) in [5.41, 5.74) is 1.68. The lowest BCUT2D eigenvalue weighted by molar-refractivity contribution is 0.0714. The lowest BCUT2D eigenvalue weighted by Crippen LogP contribution is -2.40. The van der Waals surface area contributed by atoms with Gasteiger partial charge in [-0.05, 0) is 38.8 Å². The summed E-state index contributed by atoms with van der Waals surface area (Å²) in [5.74, 6) is -0.0758. The summed E-state index contributed by atoms with van der Waals surface area (Å²) in [6, 6.07) is 3.83. The van der Waals surface area contributed by atoms with Crippen LogP contribution in [0.4, 0.5) is 0 Å². The monoisotopic (exact) mass is 317 g/mol. The van der Waals surface area contributed by atoms with Crippen molar-refractivity contribution in [3.05, 3.63) is 35.1 Å². The van der Waals surface area contributed by atoms with Gasteiger partial charge in [0.2, 0.25) is 0 Å². The largest absolute Gasteiger partial charge is 0.376 e. The van der Waals surface area contributed by atoms with Crippen LogP contribution in [-0.2, 0) is 4.74 Å². The average Bonchev–Trinajstić information content (AvgIpc) is 3.17. The normalized spacial score (nSPS) is 19.1. The minimum atomic E-state index is -0.0758. The fourth-order valence-corrected chi connectivity index (χ4v) is 3.54. The van der Waals surface area contributed by atoms with E-state index in [0.717, 1.165) is 35.7 Å². The fraction of sp³-hybridized carbons (Fsp3) is 0.438. The maximum atomic E-state index is 12.5. The number of aromatic nitrogens is 2. The molecule has 116 valence electrons. The van der Waals surface area contributed by atoms with Crippen LogP contribution in [-0.4, -0.2) is 34.6 Å². The summed E-state index contributed by atoms with van der Waals surface area (Å²) in [5, 5.41) is 3.85. The van der Waals surface area contributed by atoms with Gasteiger partial charge in [-0.2, -0.15) is 0 Å². The lowest BCUT2D eigenvalue weighted by Gasteiger charge is -2.19. The second-order valence-corrected chi connectivity index (χ2v) is 6.49. The Morgan fingerprint density at radius 2 is 2.41 bits per heavy atom. The van der Waals surface area contributed by atoms with Crippen molar-refractivity contribution in [1.82, 2.24) is 15.3 Å². The van der Waals surface area contributed by atoms with Crippen LogP contribution >= 0.6 is 11.3 Å². The van der Waals surface area contributed by atoms with E-state index in [9.17, 15) is 4.79 Å². The van der Waals surface area contributed by atoms with Gasteiger partial charge in [-0.1, -0.05) is 0 Å². The van der Waals surface area contributed by atoms with Crippen LogP contribution < -0.4 is 5.32 Å². The van der Waals surface area contributed by atoms with Crippen molar-refractivity contribution in [3.63, 3.8) is 0 Å². The van der Waals surface area contributed by atoms with Gasteiger partial charge in [-0.25, -0.2) is 4.98 Å². The van der Waals surface area contributed by atoms with E-state index in [-0.39, 0.29) is 18.1 Å². The molecular weight excluding hydrogens is 298 g/mol. The number of rotatable bonds is 4. The molecule has 0 aromatic carbocycles. The summed E-state index contributed by atoms with van der Waals surface area (Å²) in [7, 11) is 0. The van der Waals surface area contributed by atoms with Gasteiger partial charge in [0.1, 0.15) is 9.88 Å². The third-order valence-electron chi connectivity index (χ3n) is 3.79. The number of ether oxygens (including phenoxy) is 1. The van der Waals surface area contributed by atoms with Gasteiger partial charge in [0, 0.05) is 24.6 Å². The molecule has 1 amide bonds. The molecule has 6 heteroatoms. The molecule has 1 saturated heterocycles. The summed E-state index contributed by atoms with van der Waals surface area (Å²) >= 11 is 1.40. The van der Waals surface area contributed by atoms with Crippen LogP contribution in [0.15, 0.2) is 24.5 Å².